The molecule has 1 aliphatic rings. The summed E-state index contributed by atoms with van der Waals surface area (Å²) in [5.74, 6) is 0.250. The Morgan fingerprint density at radius 3 is 2.62 bits per heavy atom. The van der Waals surface area contributed by atoms with E-state index in [-0.39, 0.29) is 24.2 Å². The molecule has 1 N–H and O–H groups in total. The Morgan fingerprint density at radius 1 is 1.12 bits per heavy atom. The molecule has 1 fully saturated rings. The van der Waals surface area contributed by atoms with Crippen molar-refractivity contribution in [3.8, 4) is 0 Å². The molecule has 0 aromatic heterocycles. The molecule has 2 atom stereocenters. The average molecular weight is 350 g/mol. The smallest absolute Gasteiger partial charge is 0.167 e. The Kier molecular flexibility index (Phi) is 6.23. The first kappa shape index (κ1) is 18.8. The molecule has 0 amide bonds. The quantitative estimate of drug-likeness (QED) is 0.806. The number of nitrogens with zero attached hydrogens (tertiary/aromatic N) is 1. The molecule has 0 bridgehead atoms. The van der Waals surface area contributed by atoms with Crippen molar-refractivity contribution in [1.29, 1.82) is 0 Å². The zero-order valence-electron chi connectivity index (χ0n) is 15.7. The Morgan fingerprint density at radius 2 is 1.88 bits per heavy atom. The fourth-order valence-electron chi connectivity index (χ4n) is 3.91. The number of rotatable bonds is 6. The van der Waals surface area contributed by atoms with E-state index in [9.17, 15) is 4.79 Å². The molecule has 1 heterocycles. The second kappa shape index (κ2) is 8.61. The number of hydrogen-bond donors (Lipinski definition) is 1. The van der Waals surface area contributed by atoms with Crippen molar-refractivity contribution in [2.45, 2.75) is 26.2 Å². The number of likely N-dealkylation sites (tertiary alicyclic amines) is 1. The minimum atomic E-state index is -0.0923. The second-order valence-electron chi connectivity index (χ2n) is 7.22. The second-order valence-corrected chi connectivity index (χ2v) is 7.22. The summed E-state index contributed by atoms with van der Waals surface area (Å²) in [6.45, 7) is 6.89. The van der Waals surface area contributed by atoms with Gasteiger partial charge >= 0.3 is 0 Å². The maximum atomic E-state index is 13.3. The molecule has 1 aliphatic heterocycles. The van der Waals surface area contributed by atoms with Crippen LogP contribution in [-0.4, -0.2) is 42.0 Å². The zero-order chi connectivity index (χ0) is 18.5. The fraction of sp³-hybridized carbons (Fsp3) is 0.391. The predicted molar refractivity (Wildman–Crippen MR) is 105 cm³/mol. The van der Waals surface area contributed by atoms with E-state index in [1.165, 1.54) is 16.7 Å². The van der Waals surface area contributed by atoms with Gasteiger partial charge in [0, 0.05) is 37.7 Å². The average Bonchev–Trinajstić information content (AvgIpc) is 2.68. The molecule has 137 valence electrons. The number of hydrogen-bond acceptors (Lipinski definition) is 3. The summed E-state index contributed by atoms with van der Waals surface area (Å²) in [5, 5.41) is 9.14. The van der Waals surface area contributed by atoms with E-state index in [0.717, 1.165) is 31.6 Å². The van der Waals surface area contributed by atoms with Gasteiger partial charge < -0.3 is 10.0 Å². The van der Waals surface area contributed by atoms with Crippen LogP contribution in [0.4, 0.5) is 0 Å². The molecule has 1 radical (unpaired) electrons. The van der Waals surface area contributed by atoms with E-state index in [4.69, 9.17) is 5.11 Å². The maximum Gasteiger partial charge on any atom is 0.167 e. The minimum absolute atomic E-state index is 0.0923. The lowest BCUT2D eigenvalue weighted by molar-refractivity contribution is 0.0822. The Labute approximate surface area is 156 Å². The Balaban J connectivity index is 1.91. The third-order valence-corrected chi connectivity index (χ3v) is 5.54. The lowest BCUT2D eigenvalue weighted by Crippen LogP contribution is -2.44. The molecule has 3 nitrogen and oxygen atoms in total. The maximum absolute atomic E-state index is 13.3. The van der Waals surface area contributed by atoms with Crippen molar-refractivity contribution in [3.63, 3.8) is 0 Å². The van der Waals surface area contributed by atoms with Gasteiger partial charge in [-0.05, 0) is 49.3 Å². The summed E-state index contributed by atoms with van der Waals surface area (Å²) in [7, 11) is 0. The fourth-order valence-corrected chi connectivity index (χ4v) is 3.91. The highest BCUT2D eigenvalue weighted by Crippen LogP contribution is 2.36. The largest absolute Gasteiger partial charge is 0.396 e. The van der Waals surface area contributed by atoms with Gasteiger partial charge in [-0.2, -0.15) is 0 Å². The molecule has 2 aromatic carbocycles. The first-order chi connectivity index (χ1) is 12.6. The van der Waals surface area contributed by atoms with E-state index in [0.29, 0.717) is 0 Å². The third-order valence-electron chi connectivity index (χ3n) is 5.54. The number of aliphatic hydroxyl groups excluding tert-OH is 1. The van der Waals surface area contributed by atoms with Gasteiger partial charge in [0.25, 0.3) is 0 Å². The van der Waals surface area contributed by atoms with Crippen LogP contribution in [0.2, 0.25) is 0 Å². The van der Waals surface area contributed by atoms with E-state index in [1.54, 1.807) is 0 Å². The van der Waals surface area contributed by atoms with Crippen LogP contribution in [0.25, 0.3) is 0 Å². The van der Waals surface area contributed by atoms with Crippen LogP contribution in [0.15, 0.2) is 48.5 Å². The van der Waals surface area contributed by atoms with Gasteiger partial charge in [-0.25, -0.2) is 0 Å². The van der Waals surface area contributed by atoms with Crippen molar-refractivity contribution in [2.24, 2.45) is 5.92 Å². The minimum Gasteiger partial charge on any atom is -0.396 e. The van der Waals surface area contributed by atoms with Crippen molar-refractivity contribution >= 4 is 5.78 Å². The number of carbonyl (C=O) groups excluding carboxylic acids is 1. The van der Waals surface area contributed by atoms with Crippen LogP contribution in [0.3, 0.4) is 0 Å². The Bertz CT molecular complexity index is 741. The molecular formula is C23H28NO2. The number of aliphatic hydroxyl groups is 1. The van der Waals surface area contributed by atoms with Crippen LogP contribution in [-0.2, 0) is 0 Å². The molecule has 1 saturated heterocycles. The number of carbonyl (C=O) groups is 1. The third kappa shape index (κ3) is 4.05. The van der Waals surface area contributed by atoms with E-state index in [2.05, 4.69) is 43.4 Å². The lowest BCUT2D eigenvalue weighted by Gasteiger charge is -2.38. The van der Waals surface area contributed by atoms with E-state index >= 15 is 0 Å². The Hall–Kier alpha value is -1.97. The van der Waals surface area contributed by atoms with Crippen LogP contribution < -0.4 is 0 Å². The highest BCUT2D eigenvalue weighted by molar-refractivity contribution is 5.98. The summed E-state index contributed by atoms with van der Waals surface area (Å²) in [6.07, 6.45) is 3.03. The van der Waals surface area contributed by atoms with Crippen molar-refractivity contribution in [2.75, 3.05) is 26.2 Å². The standard InChI is InChI=1S/C23H28NO2/c1-17-8-6-11-20(18(17)2)21-12-14-24(13-7-15-25)16-22(21)23(26)19-9-4-3-5-10-19/h3-6,8-12,21-22,25H,7,13-16H2,1-2H3/t21-,22+/m1/s1. The van der Waals surface area contributed by atoms with Gasteiger partial charge in [0.2, 0.25) is 0 Å². The number of ketones is 1. The first-order valence-corrected chi connectivity index (χ1v) is 9.43. The normalized spacial score (nSPS) is 20.9. The molecule has 3 heteroatoms. The summed E-state index contributed by atoms with van der Waals surface area (Å²) in [4.78, 5) is 15.6. The topological polar surface area (TPSA) is 40.5 Å². The lowest BCUT2D eigenvalue weighted by atomic mass is 9.75. The van der Waals surface area contributed by atoms with Crippen LogP contribution in [0.5, 0.6) is 0 Å². The zero-order valence-corrected chi connectivity index (χ0v) is 15.7. The van der Waals surface area contributed by atoms with Crippen molar-refractivity contribution in [3.05, 3.63) is 77.2 Å². The first-order valence-electron chi connectivity index (χ1n) is 9.43. The molecule has 0 spiro atoms. The van der Waals surface area contributed by atoms with Gasteiger partial charge in [-0.1, -0.05) is 48.5 Å². The molecule has 0 saturated carbocycles. The van der Waals surface area contributed by atoms with Gasteiger partial charge in [-0.3, -0.25) is 4.79 Å². The van der Waals surface area contributed by atoms with E-state index < -0.39 is 0 Å². The summed E-state index contributed by atoms with van der Waals surface area (Å²) >= 11 is 0. The number of benzene rings is 2. The van der Waals surface area contributed by atoms with Gasteiger partial charge in [0.15, 0.2) is 5.78 Å². The van der Waals surface area contributed by atoms with Gasteiger partial charge in [-0.15, -0.1) is 0 Å². The summed E-state index contributed by atoms with van der Waals surface area (Å²) in [6, 6.07) is 16.0. The highest BCUT2D eigenvalue weighted by atomic mass is 16.3. The summed E-state index contributed by atoms with van der Waals surface area (Å²) < 4.78 is 0. The van der Waals surface area contributed by atoms with Crippen molar-refractivity contribution < 1.29 is 9.90 Å². The molecule has 3 rings (SSSR count). The van der Waals surface area contributed by atoms with Crippen LogP contribution >= 0.6 is 0 Å². The van der Waals surface area contributed by atoms with E-state index in [1.807, 2.05) is 30.3 Å². The highest BCUT2D eigenvalue weighted by Gasteiger charge is 2.36. The van der Waals surface area contributed by atoms with Crippen molar-refractivity contribution in [1.82, 2.24) is 4.90 Å². The summed E-state index contributed by atoms with van der Waals surface area (Å²) in [5.41, 5.74) is 4.60. The number of piperidine rings is 1. The predicted octanol–water partition coefficient (Wildman–Crippen LogP) is 3.79. The molecule has 2 aromatic rings. The molecule has 0 unspecified atom stereocenters. The molecule has 26 heavy (non-hydrogen) atoms. The number of Topliss-reactive ketones (excluding diaryl/α,β-unsaturated/α-hetero) is 1. The van der Waals surface area contributed by atoms with Crippen LogP contribution in [0, 0.1) is 26.2 Å². The van der Waals surface area contributed by atoms with Crippen LogP contribution in [0.1, 0.15) is 39.4 Å². The number of aryl methyl sites for hydroxylation is 1. The van der Waals surface area contributed by atoms with Gasteiger partial charge in [0.1, 0.15) is 0 Å². The molecule has 0 aliphatic carbocycles. The monoisotopic (exact) mass is 350 g/mol. The SMILES string of the molecule is Cc1cccc([C@H]2[CH]CN(CCCO)C[C@@H]2C(=O)c2ccccc2)c1C. The van der Waals surface area contributed by atoms with Gasteiger partial charge in [0.05, 0.1) is 0 Å². The molecular weight excluding hydrogens is 322 g/mol.